The van der Waals surface area contributed by atoms with Gasteiger partial charge in [0.1, 0.15) is 5.52 Å². The van der Waals surface area contributed by atoms with E-state index in [0.717, 1.165) is 30.0 Å². The Kier molecular flexibility index (Phi) is 4.49. The van der Waals surface area contributed by atoms with Crippen molar-refractivity contribution in [1.29, 1.82) is 0 Å². The topological polar surface area (TPSA) is 77.5 Å². The van der Waals surface area contributed by atoms with Gasteiger partial charge in [-0.05, 0) is 19.4 Å². The van der Waals surface area contributed by atoms with E-state index in [0.29, 0.717) is 19.8 Å². The highest BCUT2D eigenvalue weighted by Gasteiger charge is 2.04. The second kappa shape index (κ2) is 6.32. The van der Waals surface area contributed by atoms with Crippen LogP contribution in [-0.2, 0) is 4.74 Å². The molecule has 0 saturated carbocycles. The van der Waals surface area contributed by atoms with Gasteiger partial charge in [-0.15, -0.1) is 0 Å². The molecule has 0 saturated heterocycles. The first-order chi connectivity index (χ1) is 8.81. The van der Waals surface area contributed by atoms with Gasteiger partial charge in [0, 0.05) is 32.1 Å². The van der Waals surface area contributed by atoms with Crippen molar-refractivity contribution in [3.63, 3.8) is 0 Å². The molecule has 2 aromatic heterocycles. The standard InChI is InChI=1S/C12H19N5O/c1-10-9-11-12(15-5-6-17(11)16-10)14-4-2-7-18-8-3-13/h5-6,9H,2-4,7-8,13H2,1H3,(H,14,15). The number of hydrogen-bond acceptors (Lipinski definition) is 5. The smallest absolute Gasteiger partial charge is 0.152 e. The van der Waals surface area contributed by atoms with Crippen molar-refractivity contribution in [1.82, 2.24) is 14.6 Å². The highest BCUT2D eigenvalue weighted by molar-refractivity contribution is 5.67. The molecule has 0 atom stereocenters. The third kappa shape index (κ3) is 3.18. The minimum Gasteiger partial charge on any atom is -0.380 e. The monoisotopic (exact) mass is 249 g/mol. The lowest BCUT2D eigenvalue weighted by molar-refractivity contribution is 0.141. The quantitative estimate of drug-likeness (QED) is 0.710. The van der Waals surface area contributed by atoms with Crippen molar-refractivity contribution in [2.75, 3.05) is 31.6 Å². The summed E-state index contributed by atoms with van der Waals surface area (Å²) >= 11 is 0. The minimum atomic E-state index is 0.573. The first kappa shape index (κ1) is 12.8. The van der Waals surface area contributed by atoms with Crippen LogP contribution in [-0.4, -0.2) is 40.9 Å². The summed E-state index contributed by atoms with van der Waals surface area (Å²) in [6.45, 7) is 4.70. The average Bonchev–Trinajstić information content (AvgIpc) is 2.74. The van der Waals surface area contributed by atoms with Crippen LogP contribution in [0.5, 0.6) is 0 Å². The fourth-order valence-corrected chi connectivity index (χ4v) is 1.75. The van der Waals surface area contributed by atoms with E-state index in [2.05, 4.69) is 15.4 Å². The summed E-state index contributed by atoms with van der Waals surface area (Å²) in [6.07, 6.45) is 4.51. The Bertz CT molecular complexity index is 496. The Morgan fingerprint density at radius 3 is 3.17 bits per heavy atom. The van der Waals surface area contributed by atoms with Gasteiger partial charge in [-0.3, -0.25) is 0 Å². The van der Waals surface area contributed by atoms with E-state index >= 15 is 0 Å². The van der Waals surface area contributed by atoms with Gasteiger partial charge in [0.25, 0.3) is 0 Å². The molecule has 2 heterocycles. The van der Waals surface area contributed by atoms with Crippen molar-refractivity contribution in [2.24, 2.45) is 5.73 Å². The molecule has 0 unspecified atom stereocenters. The van der Waals surface area contributed by atoms with E-state index in [-0.39, 0.29) is 0 Å². The number of anilines is 1. The molecule has 3 N–H and O–H groups in total. The normalized spacial score (nSPS) is 11.0. The van der Waals surface area contributed by atoms with Crippen LogP contribution in [0.4, 0.5) is 5.82 Å². The number of hydrogen-bond donors (Lipinski definition) is 2. The molecule has 0 fully saturated rings. The predicted molar refractivity (Wildman–Crippen MR) is 70.7 cm³/mol. The fourth-order valence-electron chi connectivity index (χ4n) is 1.75. The van der Waals surface area contributed by atoms with Crippen LogP contribution >= 0.6 is 0 Å². The lowest BCUT2D eigenvalue weighted by Gasteiger charge is -2.07. The van der Waals surface area contributed by atoms with Crippen LogP contribution < -0.4 is 11.1 Å². The van der Waals surface area contributed by atoms with Crippen LogP contribution in [0.25, 0.3) is 5.52 Å². The highest BCUT2D eigenvalue weighted by atomic mass is 16.5. The zero-order valence-corrected chi connectivity index (χ0v) is 10.6. The third-order valence-corrected chi connectivity index (χ3v) is 2.53. The summed E-state index contributed by atoms with van der Waals surface area (Å²) in [7, 11) is 0. The highest BCUT2D eigenvalue weighted by Crippen LogP contribution is 2.14. The van der Waals surface area contributed by atoms with Crippen molar-refractivity contribution >= 4 is 11.3 Å². The molecule has 0 aliphatic carbocycles. The molecule has 0 spiro atoms. The largest absolute Gasteiger partial charge is 0.380 e. The Morgan fingerprint density at radius 2 is 2.33 bits per heavy atom. The Balaban J connectivity index is 1.87. The van der Waals surface area contributed by atoms with E-state index in [1.165, 1.54) is 0 Å². The number of fused-ring (bicyclic) bond motifs is 1. The molecule has 2 rings (SSSR count). The molecule has 0 aromatic carbocycles. The van der Waals surface area contributed by atoms with Crippen LogP contribution in [0, 0.1) is 6.92 Å². The minimum absolute atomic E-state index is 0.573. The van der Waals surface area contributed by atoms with Crippen LogP contribution in [0.2, 0.25) is 0 Å². The fraction of sp³-hybridized carbons (Fsp3) is 0.500. The molecule has 0 aliphatic rings. The van der Waals surface area contributed by atoms with E-state index in [1.807, 2.05) is 23.7 Å². The summed E-state index contributed by atoms with van der Waals surface area (Å²) in [5.41, 5.74) is 7.32. The molecule has 18 heavy (non-hydrogen) atoms. The van der Waals surface area contributed by atoms with Gasteiger partial charge < -0.3 is 15.8 Å². The van der Waals surface area contributed by atoms with Crippen molar-refractivity contribution < 1.29 is 4.74 Å². The number of ether oxygens (including phenoxy) is 1. The second-order valence-electron chi connectivity index (χ2n) is 4.07. The van der Waals surface area contributed by atoms with Crippen LogP contribution in [0.1, 0.15) is 12.1 Å². The first-order valence-electron chi connectivity index (χ1n) is 6.14. The second-order valence-corrected chi connectivity index (χ2v) is 4.07. The molecule has 6 nitrogen and oxygen atoms in total. The lowest BCUT2D eigenvalue weighted by Crippen LogP contribution is -2.12. The van der Waals surface area contributed by atoms with E-state index in [1.54, 1.807) is 6.20 Å². The third-order valence-electron chi connectivity index (χ3n) is 2.53. The summed E-state index contributed by atoms with van der Waals surface area (Å²) in [5, 5.41) is 7.64. The number of aryl methyl sites for hydroxylation is 1. The van der Waals surface area contributed by atoms with Crippen molar-refractivity contribution in [3.8, 4) is 0 Å². The first-order valence-corrected chi connectivity index (χ1v) is 6.14. The van der Waals surface area contributed by atoms with E-state index in [9.17, 15) is 0 Å². The number of nitrogens with zero attached hydrogens (tertiary/aromatic N) is 3. The molecule has 98 valence electrons. The maximum Gasteiger partial charge on any atom is 0.152 e. The van der Waals surface area contributed by atoms with Gasteiger partial charge in [0.05, 0.1) is 12.3 Å². The van der Waals surface area contributed by atoms with Gasteiger partial charge in [0.15, 0.2) is 5.82 Å². The van der Waals surface area contributed by atoms with E-state index < -0.39 is 0 Å². The Hall–Kier alpha value is -1.66. The summed E-state index contributed by atoms with van der Waals surface area (Å²) < 4.78 is 7.14. The van der Waals surface area contributed by atoms with E-state index in [4.69, 9.17) is 10.5 Å². The molecule has 6 heteroatoms. The average molecular weight is 249 g/mol. The van der Waals surface area contributed by atoms with Gasteiger partial charge in [0.2, 0.25) is 0 Å². The number of nitrogens with one attached hydrogen (secondary N) is 1. The summed E-state index contributed by atoms with van der Waals surface area (Å²) in [6, 6.07) is 2.01. The predicted octanol–water partition coefficient (Wildman–Crippen LogP) is 0.815. The lowest BCUT2D eigenvalue weighted by atomic mass is 10.4. The van der Waals surface area contributed by atoms with Gasteiger partial charge in [-0.2, -0.15) is 5.10 Å². The van der Waals surface area contributed by atoms with Gasteiger partial charge in [-0.25, -0.2) is 9.50 Å². The Morgan fingerprint density at radius 1 is 1.44 bits per heavy atom. The van der Waals surface area contributed by atoms with Gasteiger partial charge in [-0.1, -0.05) is 0 Å². The number of aromatic nitrogens is 3. The maximum atomic E-state index is 5.34. The van der Waals surface area contributed by atoms with Crippen molar-refractivity contribution in [3.05, 3.63) is 24.2 Å². The van der Waals surface area contributed by atoms with Gasteiger partial charge >= 0.3 is 0 Å². The molecular weight excluding hydrogens is 230 g/mol. The summed E-state index contributed by atoms with van der Waals surface area (Å²) in [4.78, 5) is 4.32. The summed E-state index contributed by atoms with van der Waals surface area (Å²) in [5.74, 6) is 0.858. The zero-order chi connectivity index (χ0) is 12.8. The van der Waals surface area contributed by atoms with Crippen molar-refractivity contribution in [2.45, 2.75) is 13.3 Å². The molecule has 0 radical (unpaired) electrons. The SMILES string of the molecule is Cc1cc2c(NCCCOCCN)nccn2n1. The molecule has 0 bridgehead atoms. The molecule has 0 amide bonds. The molecule has 2 aromatic rings. The maximum absolute atomic E-state index is 5.34. The number of rotatable bonds is 7. The van der Waals surface area contributed by atoms with Crippen LogP contribution in [0.3, 0.4) is 0 Å². The molecule has 0 aliphatic heterocycles. The zero-order valence-electron chi connectivity index (χ0n) is 10.6. The molecular formula is C12H19N5O. The number of nitrogens with two attached hydrogens (primary N) is 1. The Labute approximate surface area is 106 Å². The van der Waals surface area contributed by atoms with Crippen LogP contribution in [0.15, 0.2) is 18.5 Å².